The SMILES string of the molecule is CCNC(=O)[C@@H](Cc1ccccc1)N(Cc1c(Cl)cccc1Cl)C(=O)Cc1ccc(OC)cc1. The molecule has 0 unspecified atom stereocenters. The lowest BCUT2D eigenvalue weighted by Gasteiger charge is -2.32. The van der Waals surface area contributed by atoms with Crippen LogP contribution in [0.4, 0.5) is 0 Å². The molecule has 0 saturated carbocycles. The molecule has 0 aliphatic carbocycles. The van der Waals surface area contributed by atoms with Gasteiger partial charge >= 0.3 is 0 Å². The van der Waals surface area contributed by atoms with Crippen LogP contribution in [-0.2, 0) is 29.0 Å². The number of halogens is 2. The number of carbonyl (C=O) groups excluding carboxylic acids is 2. The Hall–Kier alpha value is -3.02. The van der Waals surface area contributed by atoms with Gasteiger partial charge < -0.3 is 15.0 Å². The molecule has 0 bridgehead atoms. The van der Waals surface area contributed by atoms with Crippen LogP contribution in [-0.4, -0.2) is 36.4 Å². The summed E-state index contributed by atoms with van der Waals surface area (Å²) in [5.41, 5.74) is 2.37. The molecule has 3 rings (SSSR count). The van der Waals surface area contributed by atoms with Crippen molar-refractivity contribution >= 4 is 35.0 Å². The standard InChI is InChI=1S/C27H28Cl2N2O3/c1-3-30-27(33)25(16-19-8-5-4-6-9-19)31(18-22-23(28)10-7-11-24(22)29)26(32)17-20-12-14-21(34-2)15-13-20/h4-15,25H,3,16-18H2,1-2H3,(H,30,33)/t25-/m1/s1. The highest BCUT2D eigenvalue weighted by Gasteiger charge is 2.31. The van der Waals surface area contributed by atoms with E-state index in [0.29, 0.717) is 34.3 Å². The van der Waals surface area contributed by atoms with Crippen LogP contribution >= 0.6 is 23.2 Å². The Labute approximate surface area is 210 Å². The predicted octanol–water partition coefficient (Wildman–Crippen LogP) is 5.32. The Bertz CT molecular complexity index is 1080. The molecule has 3 aromatic carbocycles. The number of nitrogens with zero attached hydrogens (tertiary/aromatic N) is 1. The quantitative estimate of drug-likeness (QED) is 0.411. The normalized spacial score (nSPS) is 11.5. The first kappa shape index (κ1) is 25.6. The Morgan fingerprint density at radius 2 is 1.56 bits per heavy atom. The zero-order chi connectivity index (χ0) is 24.5. The molecule has 0 saturated heterocycles. The first-order valence-electron chi connectivity index (χ1n) is 11.1. The summed E-state index contributed by atoms with van der Waals surface area (Å²) in [4.78, 5) is 28.4. The van der Waals surface area contributed by atoms with Gasteiger partial charge in [0.25, 0.3) is 0 Å². The molecule has 2 amide bonds. The van der Waals surface area contributed by atoms with Crippen molar-refractivity contribution in [3.63, 3.8) is 0 Å². The number of methoxy groups -OCH3 is 1. The molecule has 0 spiro atoms. The molecule has 0 aliphatic heterocycles. The van der Waals surface area contributed by atoms with Gasteiger partial charge in [0, 0.05) is 35.1 Å². The smallest absolute Gasteiger partial charge is 0.243 e. The van der Waals surface area contributed by atoms with Crippen molar-refractivity contribution in [2.75, 3.05) is 13.7 Å². The van der Waals surface area contributed by atoms with Crippen LogP contribution in [0.1, 0.15) is 23.6 Å². The number of ether oxygens (including phenoxy) is 1. The maximum atomic E-state index is 13.7. The highest BCUT2D eigenvalue weighted by Crippen LogP contribution is 2.27. The number of likely N-dealkylation sites (N-methyl/N-ethyl adjacent to an activating group) is 1. The summed E-state index contributed by atoms with van der Waals surface area (Å²) >= 11 is 12.9. The van der Waals surface area contributed by atoms with Crippen molar-refractivity contribution in [3.8, 4) is 5.75 Å². The number of hydrogen-bond donors (Lipinski definition) is 1. The number of nitrogens with one attached hydrogen (secondary N) is 1. The minimum absolute atomic E-state index is 0.113. The van der Waals surface area contributed by atoms with Gasteiger partial charge in [-0.2, -0.15) is 0 Å². The third kappa shape index (κ3) is 6.75. The lowest BCUT2D eigenvalue weighted by atomic mass is 10.0. The molecule has 7 heteroatoms. The average Bonchev–Trinajstić information content (AvgIpc) is 2.84. The zero-order valence-corrected chi connectivity index (χ0v) is 20.8. The van der Waals surface area contributed by atoms with Crippen molar-refractivity contribution in [1.82, 2.24) is 10.2 Å². The molecule has 5 nitrogen and oxygen atoms in total. The fourth-order valence-electron chi connectivity index (χ4n) is 3.72. The van der Waals surface area contributed by atoms with Crippen molar-refractivity contribution in [2.45, 2.75) is 32.4 Å². The lowest BCUT2D eigenvalue weighted by Crippen LogP contribution is -2.51. The number of carbonyl (C=O) groups is 2. The number of rotatable bonds is 10. The molecule has 0 fully saturated rings. The van der Waals surface area contributed by atoms with E-state index in [1.165, 1.54) is 0 Å². The van der Waals surface area contributed by atoms with Crippen molar-refractivity contribution in [1.29, 1.82) is 0 Å². The number of amides is 2. The lowest BCUT2D eigenvalue weighted by molar-refractivity contribution is -0.140. The number of benzene rings is 3. The van der Waals surface area contributed by atoms with E-state index in [9.17, 15) is 9.59 Å². The highest BCUT2D eigenvalue weighted by molar-refractivity contribution is 6.36. The third-order valence-corrected chi connectivity index (χ3v) is 6.23. The van der Waals surface area contributed by atoms with Crippen LogP contribution in [0.25, 0.3) is 0 Å². The maximum Gasteiger partial charge on any atom is 0.243 e. The van der Waals surface area contributed by atoms with E-state index in [4.69, 9.17) is 27.9 Å². The van der Waals surface area contributed by atoms with Crippen LogP contribution in [0, 0.1) is 0 Å². The molecule has 0 radical (unpaired) electrons. The number of hydrogen-bond acceptors (Lipinski definition) is 3. The first-order chi connectivity index (χ1) is 16.4. The van der Waals surface area contributed by atoms with Crippen LogP contribution in [0.5, 0.6) is 5.75 Å². The van der Waals surface area contributed by atoms with E-state index >= 15 is 0 Å². The fourth-order valence-corrected chi connectivity index (χ4v) is 4.24. The molecule has 178 valence electrons. The second-order valence-corrected chi connectivity index (χ2v) is 8.66. The van der Waals surface area contributed by atoms with Crippen molar-refractivity contribution < 1.29 is 14.3 Å². The molecule has 1 N–H and O–H groups in total. The Morgan fingerprint density at radius 3 is 2.15 bits per heavy atom. The molecule has 0 heterocycles. The topological polar surface area (TPSA) is 58.6 Å². The van der Waals surface area contributed by atoms with Crippen molar-refractivity contribution in [3.05, 3.63) is 99.5 Å². The predicted molar refractivity (Wildman–Crippen MR) is 136 cm³/mol. The van der Waals surface area contributed by atoms with Crippen LogP contribution in [0.2, 0.25) is 10.0 Å². The molecular weight excluding hydrogens is 471 g/mol. The van der Waals surface area contributed by atoms with Crippen LogP contribution in [0.15, 0.2) is 72.8 Å². The Morgan fingerprint density at radius 1 is 0.912 bits per heavy atom. The van der Waals surface area contributed by atoms with Gasteiger partial charge in [0.15, 0.2) is 0 Å². The molecule has 34 heavy (non-hydrogen) atoms. The fraction of sp³-hybridized carbons (Fsp3) is 0.259. The van der Waals surface area contributed by atoms with E-state index < -0.39 is 6.04 Å². The molecule has 0 aliphatic rings. The second-order valence-electron chi connectivity index (χ2n) is 7.85. The van der Waals surface area contributed by atoms with Gasteiger partial charge in [-0.1, -0.05) is 71.7 Å². The van der Waals surface area contributed by atoms with E-state index in [0.717, 1.165) is 11.1 Å². The van der Waals surface area contributed by atoms with Gasteiger partial charge in [0.05, 0.1) is 13.5 Å². The molecular formula is C27H28Cl2N2O3. The summed E-state index contributed by atoms with van der Waals surface area (Å²) in [5, 5.41) is 3.78. The molecule has 1 atom stereocenters. The van der Waals surface area contributed by atoms with E-state index in [-0.39, 0.29) is 24.8 Å². The van der Waals surface area contributed by atoms with Gasteiger partial charge in [-0.3, -0.25) is 9.59 Å². The summed E-state index contributed by atoms with van der Waals surface area (Å²) in [6.45, 7) is 2.42. The summed E-state index contributed by atoms with van der Waals surface area (Å²) < 4.78 is 5.21. The average molecular weight is 499 g/mol. The van der Waals surface area contributed by atoms with E-state index in [2.05, 4.69) is 5.32 Å². The van der Waals surface area contributed by atoms with Gasteiger partial charge in [0.2, 0.25) is 11.8 Å². The summed E-state index contributed by atoms with van der Waals surface area (Å²) in [5.74, 6) is 0.283. The Kier molecular flexibility index (Phi) is 9.37. The molecule has 0 aromatic heterocycles. The largest absolute Gasteiger partial charge is 0.497 e. The third-order valence-electron chi connectivity index (χ3n) is 5.53. The van der Waals surface area contributed by atoms with E-state index in [1.807, 2.05) is 61.5 Å². The zero-order valence-electron chi connectivity index (χ0n) is 19.3. The van der Waals surface area contributed by atoms with Gasteiger partial charge in [-0.05, 0) is 42.3 Å². The first-order valence-corrected chi connectivity index (χ1v) is 11.9. The summed E-state index contributed by atoms with van der Waals surface area (Å²) in [6.07, 6.45) is 0.486. The highest BCUT2D eigenvalue weighted by atomic mass is 35.5. The van der Waals surface area contributed by atoms with Gasteiger partial charge in [-0.15, -0.1) is 0 Å². The van der Waals surface area contributed by atoms with Crippen LogP contribution in [0.3, 0.4) is 0 Å². The monoisotopic (exact) mass is 498 g/mol. The maximum absolute atomic E-state index is 13.7. The Balaban J connectivity index is 1.98. The second kappa shape index (κ2) is 12.4. The minimum atomic E-state index is -0.736. The summed E-state index contributed by atoms with van der Waals surface area (Å²) in [7, 11) is 1.59. The van der Waals surface area contributed by atoms with Crippen molar-refractivity contribution in [2.24, 2.45) is 0 Å². The summed E-state index contributed by atoms with van der Waals surface area (Å²) in [6, 6.07) is 21.4. The van der Waals surface area contributed by atoms with Crippen LogP contribution < -0.4 is 10.1 Å². The van der Waals surface area contributed by atoms with E-state index in [1.54, 1.807) is 30.2 Å². The van der Waals surface area contributed by atoms with Gasteiger partial charge in [-0.25, -0.2) is 0 Å². The minimum Gasteiger partial charge on any atom is -0.497 e. The van der Waals surface area contributed by atoms with Gasteiger partial charge in [0.1, 0.15) is 11.8 Å². The molecule has 3 aromatic rings.